The second kappa shape index (κ2) is 7.02. The molecular formula is C14H19N3O2S2. The van der Waals surface area contributed by atoms with E-state index in [2.05, 4.69) is 21.9 Å². The Labute approximate surface area is 129 Å². The maximum Gasteiger partial charge on any atom is 0.242 e. The third kappa shape index (κ3) is 4.52. The Morgan fingerprint density at radius 2 is 2.05 bits per heavy atom. The Bertz CT molecular complexity index is 678. The molecule has 21 heavy (non-hydrogen) atoms. The summed E-state index contributed by atoms with van der Waals surface area (Å²) in [7, 11) is -3.52. The lowest BCUT2D eigenvalue weighted by atomic mass is 10.4. The van der Waals surface area contributed by atoms with Crippen molar-refractivity contribution >= 4 is 27.2 Å². The second-order valence-corrected chi connectivity index (χ2v) is 7.78. The van der Waals surface area contributed by atoms with Crippen LogP contribution in [0.1, 0.15) is 23.1 Å². The van der Waals surface area contributed by atoms with E-state index in [1.807, 2.05) is 19.1 Å². The van der Waals surface area contributed by atoms with Gasteiger partial charge in [-0.1, -0.05) is 6.92 Å². The Kier molecular flexibility index (Phi) is 5.33. The first-order chi connectivity index (χ1) is 10.0. The van der Waals surface area contributed by atoms with Gasteiger partial charge >= 0.3 is 0 Å². The average molecular weight is 325 g/mol. The van der Waals surface area contributed by atoms with Crippen molar-refractivity contribution in [2.24, 2.45) is 0 Å². The van der Waals surface area contributed by atoms with Gasteiger partial charge in [0.1, 0.15) is 10.7 Å². The van der Waals surface area contributed by atoms with Crippen LogP contribution in [0.3, 0.4) is 0 Å². The first-order valence-corrected chi connectivity index (χ1v) is 9.06. The fraction of sp³-hybridized carbons (Fsp3) is 0.357. The monoisotopic (exact) mass is 325 g/mol. The molecule has 2 rings (SSSR count). The van der Waals surface area contributed by atoms with Crippen LogP contribution in [0.2, 0.25) is 0 Å². The van der Waals surface area contributed by atoms with Crippen molar-refractivity contribution < 1.29 is 8.42 Å². The summed E-state index contributed by atoms with van der Waals surface area (Å²) in [5, 5.41) is 3.11. The van der Waals surface area contributed by atoms with Crippen LogP contribution >= 0.6 is 11.3 Å². The summed E-state index contributed by atoms with van der Waals surface area (Å²) in [6.45, 7) is 5.17. The van der Waals surface area contributed by atoms with Crippen molar-refractivity contribution in [1.29, 1.82) is 0 Å². The first-order valence-electron chi connectivity index (χ1n) is 6.76. The maximum absolute atomic E-state index is 12.2. The summed E-state index contributed by atoms with van der Waals surface area (Å²) in [4.78, 5) is 6.45. The summed E-state index contributed by atoms with van der Waals surface area (Å²) < 4.78 is 26.9. The molecule has 0 atom stereocenters. The molecule has 0 amide bonds. The van der Waals surface area contributed by atoms with Gasteiger partial charge in [-0.25, -0.2) is 18.1 Å². The van der Waals surface area contributed by atoms with Crippen LogP contribution < -0.4 is 10.0 Å². The number of hydrogen-bond acceptors (Lipinski definition) is 5. The third-order valence-electron chi connectivity index (χ3n) is 2.84. The van der Waals surface area contributed by atoms with E-state index in [1.165, 1.54) is 6.20 Å². The zero-order chi connectivity index (χ0) is 15.3. The lowest BCUT2D eigenvalue weighted by Crippen LogP contribution is -2.23. The van der Waals surface area contributed by atoms with E-state index in [4.69, 9.17) is 0 Å². The number of rotatable bonds is 7. The Hall–Kier alpha value is -1.44. The average Bonchev–Trinajstić information content (AvgIpc) is 2.89. The van der Waals surface area contributed by atoms with Crippen LogP contribution in [-0.4, -0.2) is 19.9 Å². The Morgan fingerprint density at radius 1 is 1.24 bits per heavy atom. The highest BCUT2D eigenvalue weighted by Crippen LogP contribution is 2.16. The zero-order valence-electron chi connectivity index (χ0n) is 12.1. The minimum atomic E-state index is -3.52. The fourth-order valence-corrected chi connectivity index (χ4v) is 3.60. The zero-order valence-corrected chi connectivity index (χ0v) is 13.7. The van der Waals surface area contributed by atoms with Crippen molar-refractivity contribution in [2.75, 3.05) is 11.9 Å². The molecular weight excluding hydrogens is 306 g/mol. The number of aromatic nitrogens is 1. The Morgan fingerprint density at radius 3 is 2.62 bits per heavy atom. The van der Waals surface area contributed by atoms with E-state index in [0.717, 1.165) is 22.7 Å². The van der Waals surface area contributed by atoms with E-state index in [-0.39, 0.29) is 4.90 Å². The van der Waals surface area contributed by atoms with Gasteiger partial charge in [-0.2, -0.15) is 0 Å². The molecule has 0 fully saturated rings. The van der Waals surface area contributed by atoms with Gasteiger partial charge < -0.3 is 5.32 Å². The molecule has 0 radical (unpaired) electrons. The minimum absolute atomic E-state index is 0.179. The summed E-state index contributed by atoms with van der Waals surface area (Å²) in [6, 6.07) is 7.15. The number of pyridine rings is 1. The summed E-state index contributed by atoms with van der Waals surface area (Å²) in [5.74, 6) is 0.685. The molecule has 0 aliphatic heterocycles. The minimum Gasteiger partial charge on any atom is -0.370 e. The number of aryl methyl sites for hydroxylation is 1. The Balaban J connectivity index is 2.01. The van der Waals surface area contributed by atoms with E-state index >= 15 is 0 Å². The SMILES string of the molecule is CCCNc1ccc(S(=O)(=O)NCc2ccc(C)s2)cn1. The van der Waals surface area contributed by atoms with Crippen LogP contribution in [0.4, 0.5) is 5.82 Å². The second-order valence-electron chi connectivity index (χ2n) is 4.64. The number of anilines is 1. The fourth-order valence-electron chi connectivity index (χ4n) is 1.73. The number of thiophene rings is 1. The van der Waals surface area contributed by atoms with E-state index < -0.39 is 10.0 Å². The molecule has 114 valence electrons. The molecule has 2 aromatic heterocycles. The van der Waals surface area contributed by atoms with Crippen molar-refractivity contribution in [3.8, 4) is 0 Å². The molecule has 0 spiro atoms. The first kappa shape index (κ1) is 15.9. The third-order valence-corrected chi connectivity index (χ3v) is 5.22. The van der Waals surface area contributed by atoms with Crippen molar-refractivity contribution in [2.45, 2.75) is 31.7 Å². The highest BCUT2D eigenvalue weighted by Gasteiger charge is 2.14. The molecule has 0 aliphatic carbocycles. The van der Waals surface area contributed by atoms with Gasteiger partial charge in [-0.3, -0.25) is 0 Å². The summed E-state index contributed by atoms with van der Waals surface area (Å²) >= 11 is 1.58. The standard InChI is InChI=1S/C14H19N3O2S2/c1-3-8-15-14-7-6-13(10-16-14)21(18,19)17-9-12-5-4-11(2)20-12/h4-7,10,17H,3,8-9H2,1-2H3,(H,15,16). The van der Waals surface area contributed by atoms with E-state index in [1.54, 1.807) is 23.5 Å². The quantitative estimate of drug-likeness (QED) is 0.821. The van der Waals surface area contributed by atoms with Gasteiger partial charge in [0.05, 0.1) is 0 Å². The van der Waals surface area contributed by atoms with Crippen molar-refractivity contribution in [3.63, 3.8) is 0 Å². The van der Waals surface area contributed by atoms with Gasteiger partial charge in [0.25, 0.3) is 0 Å². The molecule has 2 N–H and O–H groups in total. The van der Waals surface area contributed by atoms with Gasteiger partial charge in [-0.15, -0.1) is 11.3 Å². The smallest absolute Gasteiger partial charge is 0.242 e. The van der Waals surface area contributed by atoms with Gasteiger partial charge in [-0.05, 0) is 37.6 Å². The predicted molar refractivity (Wildman–Crippen MR) is 86.1 cm³/mol. The molecule has 0 aromatic carbocycles. The van der Waals surface area contributed by atoms with Crippen molar-refractivity contribution in [1.82, 2.24) is 9.71 Å². The summed E-state index contributed by atoms with van der Waals surface area (Å²) in [6.07, 6.45) is 2.36. The van der Waals surface area contributed by atoms with E-state index in [9.17, 15) is 8.42 Å². The lowest BCUT2D eigenvalue weighted by molar-refractivity contribution is 0.581. The number of nitrogens with one attached hydrogen (secondary N) is 2. The molecule has 5 nitrogen and oxygen atoms in total. The molecule has 0 aliphatic rings. The van der Waals surface area contributed by atoms with Gasteiger partial charge in [0, 0.05) is 29.0 Å². The highest BCUT2D eigenvalue weighted by molar-refractivity contribution is 7.89. The van der Waals surface area contributed by atoms with Gasteiger partial charge in [0.15, 0.2) is 0 Å². The largest absolute Gasteiger partial charge is 0.370 e. The van der Waals surface area contributed by atoms with Crippen LogP contribution in [0.25, 0.3) is 0 Å². The molecule has 7 heteroatoms. The maximum atomic E-state index is 12.2. The van der Waals surface area contributed by atoms with Crippen molar-refractivity contribution in [3.05, 3.63) is 40.2 Å². The molecule has 0 bridgehead atoms. The van der Waals surface area contributed by atoms with Crippen LogP contribution in [0, 0.1) is 6.92 Å². The van der Waals surface area contributed by atoms with Crippen LogP contribution in [0.15, 0.2) is 35.4 Å². The van der Waals surface area contributed by atoms with Gasteiger partial charge in [0.2, 0.25) is 10.0 Å². The number of nitrogens with zero attached hydrogens (tertiary/aromatic N) is 1. The molecule has 0 saturated carbocycles. The predicted octanol–water partition coefficient (Wildman–Crippen LogP) is 2.75. The topological polar surface area (TPSA) is 71.1 Å². The highest BCUT2D eigenvalue weighted by atomic mass is 32.2. The molecule has 2 aromatic rings. The molecule has 0 unspecified atom stereocenters. The number of hydrogen-bond donors (Lipinski definition) is 2. The molecule has 0 saturated heterocycles. The van der Waals surface area contributed by atoms with E-state index in [0.29, 0.717) is 12.4 Å². The molecule has 2 heterocycles. The lowest BCUT2D eigenvalue weighted by Gasteiger charge is -2.07. The normalized spacial score (nSPS) is 11.5. The summed E-state index contributed by atoms with van der Waals surface area (Å²) in [5.41, 5.74) is 0. The van der Waals surface area contributed by atoms with Crippen LogP contribution in [-0.2, 0) is 16.6 Å². The number of sulfonamides is 1. The van der Waals surface area contributed by atoms with Crippen LogP contribution in [0.5, 0.6) is 0 Å².